The van der Waals surface area contributed by atoms with Crippen molar-refractivity contribution in [1.29, 1.82) is 0 Å². The van der Waals surface area contributed by atoms with Gasteiger partial charge in [0.25, 0.3) is 0 Å². The van der Waals surface area contributed by atoms with Gasteiger partial charge in [-0.3, -0.25) is 0 Å². The SMILES string of the molecule is CCCCCCCC[N+](C)(CCCCCCCC)CCC[Si](OC)(OC)OC.[Cl-]. The van der Waals surface area contributed by atoms with Crippen molar-refractivity contribution in [1.82, 2.24) is 0 Å². The highest BCUT2D eigenvalue weighted by Gasteiger charge is 2.38. The summed E-state index contributed by atoms with van der Waals surface area (Å²) in [5.74, 6) is 0. The summed E-state index contributed by atoms with van der Waals surface area (Å²) in [6.45, 7) is 8.40. The Hall–Kier alpha value is 0.347. The maximum absolute atomic E-state index is 5.61. The third-order valence-corrected chi connectivity index (χ3v) is 9.05. The van der Waals surface area contributed by atoms with E-state index >= 15 is 0 Å². The summed E-state index contributed by atoms with van der Waals surface area (Å²) in [5, 5.41) is 0. The van der Waals surface area contributed by atoms with Gasteiger partial charge in [-0.1, -0.05) is 65.2 Å². The number of unbranched alkanes of at least 4 members (excludes halogenated alkanes) is 10. The second-order valence-electron chi connectivity index (χ2n) is 8.72. The van der Waals surface area contributed by atoms with Crippen LogP contribution in [0.15, 0.2) is 0 Å². The van der Waals surface area contributed by atoms with Gasteiger partial charge in [0.2, 0.25) is 0 Å². The average Bonchev–Trinajstić information content (AvgIpc) is 2.71. The van der Waals surface area contributed by atoms with E-state index in [1.165, 1.54) is 101 Å². The van der Waals surface area contributed by atoms with Gasteiger partial charge in [-0.2, -0.15) is 0 Å². The maximum Gasteiger partial charge on any atom is 0.500 e. The molecule has 6 heteroatoms. The molecule has 29 heavy (non-hydrogen) atoms. The first-order chi connectivity index (χ1) is 13.5. The summed E-state index contributed by atoms with van der Waals surface area (Å²) in [5.41, 5.74) is 0. The Kier molecular flexibility index (Phi) is 22.0. The Labute approximate surface area is 190 Å². The number of nitrogens with zero attached hydrogens (tertiary/aromatic N) is 1. The molecule has 0 unspecified atom stereocenters. The summed E-state index contributed by atoms with van der Waals surface area (Å²) < 4.78 is 18.0. The predicted molar refractivity (Wildman–Crippen MR) is 124 cm³/mol. The number of halogens is 1. The molecule has 0 aliphatic heterocycles. The minimum absolute atomic E-state index is 0. The Morgan fingerprint density at radius 1 is 0.552 bits per heavy atom. The fraction of sp³-hybridized carbons (Fsp3) is 1.00. The van der Waals surface area contributed by atoms with E-state index in [0.717, 1.165) is 12.5 Å². The van der Waals surface area contributed by atoms with Gasteiger partial charge in [-0.15, -0.1) is 0 Å². The molecular formula is C23H52ClNO3Si. The van der Waals surface area contributed by atoms with E-state index in [2.05, 4.69) is 20.9 Å². The Balaban J connectivity index is 0. The molecular weight excluding hydrogens is 402 g/mol. The molecule has 4 nitrogen and oxygen atoms in total. The zero-order chi connectivity index (χ0) is 21.1. The summed E-state index contributed by atoms with van der Waals surface area (Å²) >= 11 is 0. The third kappa shape index (κ3) is 15.7. The molecule has 0 rings (SSSR count). The lowest BCUT2D eigenvalue weighted by atomic mass is 10.1. The summed E-state index contributed by atoms with van der Waals surface area (Å²) in [7, 11) is 5.20. The molecule has 0 atom stereocenters. The average molecular weight is 454 g/mol. The van der Waals surface area contributed by atoms with Crippen LogP contribution in [0, 0.1) is 0 Å². The third-order valence-electron chi connectivity index (χ3n) is 6.22. The standard InChI is InChI=1S/C23H52NO3Si.ClH/c1-7-9-11-13-15-17-20-24(3,21-18-16-14-12-10-8-2)22-19-23-28(25-4,26-5)27-6;/h7-23H2,1-6H3;1H/q+1;/p-1. The molecule has 0 aliphatic carbocycles. The second-order valence-corrected chi connectivity index (χ2v) is 11.8. The van der Waals surface area contributed by atoms with Crippen LogP contribution in [0.5, 0.6) is 0 Å². The van der Waals surface area contributed by atoms with Gasteiger partial charge < -0.3 is 30.2 Å². The molecule has 0 aromatic heterocycles. The largest absolute Gasteiger partial charge is 1.00 e. The van der Waals surface area contributed by atoms with Gasteiger partial charge in [0.1, 0.15) is 0 Å². The quantitative estimate of drug-likeness (QED) is 0.151. The van der Waals surface area contributed by atoms with Crippen LogP contribution in [-0.4, -0.2) is 61.3 Å². The van der Waals surface area contributed by atoms with E-state index in [1.807, 2.05) is 0 Å². The van der Waals surface area contributed by atoms with Crippen molar-refractivity contribution in [3.8, 4) is 0 Å². The van der Waals surface area contributed by atoms with E-state index in [9.17, 15) is 0 Å². The van der Waals surface area contributed by atoms with Crippen molar-refractivity contribution in [2.45, 2.75) is 103 Å². The highest BCUT2D eigenvalue weighted by Crippen LogP contribution is 2.19. The predicted octanol–water partition coefficient (Wildman–Crippen LogP) is 3.43. The Morgan fingerprint density at radius 3 is 1.28 bits per heavy atom. The van der Waals surface area contributed by atoms with E-state index in [4.69, 9.17) is 13.3 Å². The molecule has 0 N–H and O–H groups in total. The fourth-order valence-corrected chi connectivity index (χ4v) is 5.82. The smallest absolute Gasteiger partial charge is 0.500 e. The van der Waals surface area contributed by atoms with Crippen LogP contribution in [0.3, 0.4) is 0 Å². The van der Waals surface area contributed by atoms with Gasteiger partial charge in [-0.05, 0) is 25.7 Å². The van der Waals surface area contributed by atoms with Gasteiger partial charge in [-0.25, -0.2) is 0 Å². The maximum atomic E-state index is 5.61. The van der Waals surface area contributed by atoms with Gasteiger partial charge in [0.05, 0.1) is 26.7 Å². The zero-order valence-corrected chi connectivity index (χ0v) is 22.3. The van der Waals surface area contributed by atoms with Crippen molar-refractivity contribution in [2.75, 3.05) is 48.0 Å². The fourth-order valence-electron chi connectivity index (χ4n) is 4.12. The summed E-state index contributed by atoms with van der Waals surface area (Å²) in [4.78, 5) is 0. The minimum atomic E-state index is -2.43. The molecule has 178 valence electrons. The molecule has 0 aromatic rings. The van der Waals surface area contributed by atoms with E-state index in [0.29, 0.717) is 0 Å². The first kappa shape index (κ1) is 31.5. The molecule has 0 aromatic carbocycles. The lowest BCUT2D eigenvalue weighted by Gasteiger charge is -2.36. The molecule has 0 aliphatic rings. The molecule has 0 heterocycles. The summed E-state index contributed by atoms with van der Waals surface area (Å²) in [6, 6.07) is 0.914. The van der Waals surface area contributed by atoms with Crippen molar-refractivity contribution in [3.05, 3.63) is 0 Å². The highest BCUT2D eigenvalue weighted by molar-refractivity contribution is 6.60. The minimum Gasteiger partial charge on any atom is -1.00 e. The molecule has 0 fully saturated rings. The van der Waals surface area contributed by atoms with E-state index in [-0.39, 0.29) is 12.4 Å². The lowest BCUT2D eigenvalue weighted by Crippen LogP contribution is -3.00. The molecule has 0 amide bonds. The number of hydrogen-bond donors (Lipinski definition) is 0. The van der Waals surface area contributed by atoms with Crippen molar-refractivity contribution in [3.63, 3.8) is 0 Å². The number of hydrogen-bond acceptors (Lipinski definition) is 3. The normalized spacial score (nSPS) is 12.2. The van der Waals surface area contributed by atoms with Crippen LogP contribution in [0.25, 0.3) is 0 Å². The Bertz CT molecular complexity index is 320. The molecule has 0 saturated heterocycles. The van der Waals surface area contributed by atoms with Gasteiger partial charge in [0, 0.05) is 33.8 Å². The van der Waals surface area contributed by atoms with Crippen LogP contribution in [0.4, 0.5) is 0 Å². The Morgan fingerprint density at radius 2 is 0.897 bits per heavy atom. The van der Waals surface area contributed by atoms with Crippen LogP contribution in [0.2, 0.25) is 6.04 Å². The molecule has 0 spiro atoms. The zero-order valence-electron chi connectivity index (χ0n) is 20.6. The molecule has 0 saturated carbocycles. The van der Waals surface area contributed by atoms with Gasteiger partial charge in [0.15, 0.2) is 0 Å². The second kappa shape index (κ2) is 20.3. The first-order valence-corrected chi connectivity index (χ1v) is 13.9. The van der Waals surface area contributed by atoms with Crippen LogP contribution in [-0.2, 0) is 13.3 Å². The van der Waals surface area contributed by atoms with Crippen molar-refractivity contribution in [2.24, 2.45) is 0 Å². The molecule has 0 bridgehead atoms. The van der Waals surface area contributed by atoms with Crippen molar-refractivity contribution < 1.29 is 30.2 Å². The summed E-state index contributed by atoms with van der Waals surface area (Å²) in [6.07, 6.45) is 17.7. The number of rotatable bonds is 21. The highest BCUT2D eigenvalue weighted by atomic mass is 35.5. The van der Waals surface area contributed by atoms with Crippen LogP contribution < -0.4 is 12.4 Å². The van der Waals surface area contributed by atoms with E-state index < -0.39 is 8.80 Å². The van der Waals surface area contributed by atoms with Crippen LogP contribution >= 0.6 is 0 Å². The molecule has 0 radical (unpaired) electrons. The van der Waals surface area contributed by atoms with E-state index in [1.54, 1.807) is 21.3 Å². The first-order valence-electron chi connectivity index (χ1n) is 12.0. The topological polar surface area (TPSA) is 27.7 Å². The van der Waals surface area contributed by atoms with Crippen molar-refractivity contribution >= 4 is 8.80 Å². The number of quaternary nitrogens is 1. The van der Waals surface area contributed by atoms with Gasteiger partial charge >= 0.3 is 8.80 Å². The monoisotopic (exact) mass is 453 g/mol. The van der Waals surface area contributed by atoms with Crippen LogP contribution in [0.1, 0.15) is 97.3 Å². The lowest BCUT2D eigenvalue weighted by molar-refractivity contribution is -0.910.